The average molecular weight is 587 g/mol. The molecule has 0 aromatic heterocycles. The summed E-state index contributed by atoms with van der Waals surface area (Å²) in [6.07, 6.45) is -2.76. The zero-order valence-electron chi connectivity index (χ0n) is 24.0. The molecule has 0 aliphatic carbocycles. The minimum atomic E-state index is -0.958. The number of hydrogen-bond donors (Lipinski definition) is 1. The number of benzene rings is 4. The van der Waals surface area contributed by atoms with Gasteiger partial charge in [0.25, 0.3) is 0 Å². The van der Waals surface area contributed by atoms with Crippen LogP contribution >= 0.6 is 11.8 Å². The second-order valence-corrected chi connectivity index (χ2v) is 11.5. The topological polar surface area (TPSA) is 66.4 Å². The van der Waals surface area contributed by atoms with Gasteiger partial charge in [0, 0.05) is 4.90 Å². The van der Waals surface area contributed by atoms with E-state index in [1.807, 2.05) is 84.9 Å². The van der Waals surface area contributed by atoms with Crippen LogP contribution in [0.1, 0.15) is 22.3 Å². The maximum absolute atomic E-state index is 11.6. The Balaban J connectivity index is 1.37. The first-order chi connectivity index (χ1) is 20.6. The van der Waals surface area contributed by atoms with Gasteiger partial charge in [0.1, 0.15) is 35.6 Å². The summed E-state index contributed by atoms with van der Waals surface area (Å²) < 4.78 is 30.9. The van der Waals surface area contributed by atoms with Gasteiger partial charge >= 0.3 is 0 Å². The molecule has 42 heavy (non-hydrogen) atoms. The zero-order chi connectivity index (χ0) is 29.1. The minimum Gasteiger partial charge on any atom is -0.497 e. The van der Waals surface area contributed by atoms with Gasteiger partial charge in [-0.3, -0.25) is 0 Å². The molecule has 5 atom stereocenters. The number of aliphatic hydroxyl groups is 1. The Morgan fingerprint density at radius 3 is 1.88 bits per heavy atom. The maximum atomic E-state index is 11.6. The molecule has 0 radical (unpaired) electrons. The van der Waals surface area contributed by atoms with Crippen molar-refractivity contribution in [2.45, 2.75) is 61.5 Å². The van der Waals surface area contributed by atoms with E-state index in [1.165, 1.54) is 5.56 Å². The molecule has 1 aliphatic rings. The van der Waals surface area contributed by atoms with Crippen LogP contribution in [-0.2, 0) is 38.8 Å². The van der Waals surface area contributed by atoms with Crippen LogP contribution in [-0.4, -0.2) is 48.7 Å². The van der Waals surface area contributed by atoms with Crippen molar-refractivity contribution in [1.29, 1.82) is 0 Å². The summed E-state index contributed by atoms with van der Waals surface area (Å²) in [6, 6.07) is 36.0. The summed E-state index contributed by atoms with van der Waals surface area (Å²) in [5.74, 6) is 0.783. The quantitative estimate of drug-likeness (QED) is 0.190. The Morgan fingerprint density at radius 2 is 1.26 bits per heavy atom. The van der Waals surface area contributed by atoms with Crippen LogP contribution in [0.5, 0.6) is 5.75 Å². The van der Waals surface area contributed by atoms with Crippen molar-refractivity contribution in [2.24, 2.45) is 0 Å². The van der Waals surface area contributed by atoms with E-state index in [1.54, 1.807) is 18.9 Å². The Bertz CT molecular complexity index is 1330. The second-order valence-electron chi connectivity index (χ2n) is 10.4. The van der Waals surface area contributed by atoms with E-state index >= 15 is 0 Å². The van der Waals surface area contributed by atoms with Gasteiger partial charge in [-0.05, 0) is 47.9 Å². The van der Waals surface area contributed by atoms with Gasteiger partial charge in [-0.15, -0.1) is 0 Å². The van der Waals surface area contributed by atoms with E-state index in [9.17, 15) is 5.11 Å². The highest BCUT2D eigenvalue weighted by Crippen LogP contribution is 2.37. The first-order valence-corrected chi connectivity index (χ1v) is 15.1. The second kappa shape index (κ2) is 15.3. The summed E-state index contributed by atoms with van der Waals surface area (Å²) in [6.45, 7) is 3.38. The molecule has 0 unspecified atom stereocenters. The molecule has 1 aliphatic heterocycles. The highest BCUT2D eigenvalue weighted by molar-refractivity contribution is 7.99. The summed E-state index contributed by atoms with van der Waals surface area (Å²) in [7, 11) is 1.65. The van der Waals surface area contributed by atoms with Crippen molar-refractivity contribution < 1.29 is 28.8 Å². The van der Waals surface area contributed by atoms with Crippen LogP contribution in [0.4, 0.5) is 0 Å². The van der Waals surface area contributed by atoms with Gasteiger partial charge in [0.05, 0.1) is 33.5 Å². The Labute approximate surface area is 252 Å². The van der Waals surface area contributed by atoms with Gasteiger partial charge in [-0.25, -0.2) is 0 Å². The fraction of sp³-hybridized carbons (Fsp3) is 0.314. The Kier molecular flexibility index (Phi) is 11.1. The monoisotopic (exact) mass is 586 g/mol. The molecule has 1 N–H and O–H groups in total. The van der Waals surface area contributed by atoms with E-state index in [4.69, 9.17) is 23.7 Å². The largest absolute Gasteiger partial charge is 0.497 e. The van der Waals surface area contributed by atoms with Gasteiger partial charge in [-0.1, -0.05) is 102 Å². The van der Waals surface area contributed by atoms with E-state index in [-0.39, 0.29) is 6.61 Å². The van der Waals surface area contributed by atoms with E-state index in [0.29, 0.717) is 19.8 Å². The number of rotatable bonds is 13. The SMILES string of the molecule is COc1ccc(CO[C@@H]2[C@@H](OCc3ccccc3)[C@@H](O)[C@@H](COCc3ccccc3)O[C@H]2Sc2ccc(C)cc2)cc1. The first-order valence-electron chi connectivity index (χ1n) is 14.2. The summed E-state index contributed by atoms with van der Waals surface area (Å²) in [5, 5.41) is 11.6. The molecule has 0 saturated carbocycles. The minimum absolute atomic E-state index is 0.220. The molecule has 4 aromatic carbocycles. The van der Waals surface area contributed by atoms with Crippen molar-refractivity contribution in [1.82, 2.24) is 0 Å². The van der Waals surface area contributed by atoms with Gasteiger partial charge in [0.2, 0.25) is 0 Å². The first kappa shape index (κ1) is 30.3. The molecule has 220 valence electrons. The molecule has 0 amide bonds. The number of aliphatic hydroxyl groups excluding tert-OH is 1. The lowest BCUT2D eigenvalue weighted by Crippen LogP contribution is -2.59. The lowest BCUT2D eigenvalue weighted by molar-refractivity contribution is -0.240. The van der Waals surface area contributed by atoms with E-state index in [0.717, 1.165) is 27.3 Å². The molecule has 6 nitrogen and oxygen atoms in total. The van der Waals surface area contributed by atoms with Crippen LogP contribution < -0.4 is 4.74 Å². The van der Waals surface area contributed by atoms with E-state index < -0.39 is 29.9 Å². The van der Waals surface area contributed by atoms with Crippen LogP contribution in [0.25, 0.3) is 0 Å². The Morgan fingerprint density at radius 1 is 0.690 bits per heavy atom. The highest BCUT2D eigenvalue weighted by atomic mass is 32.2. The number of ether oxygens (including phenoxy) is 5. The summed E-state index contributed by atoms with van der Waals surface area (Å²) >= 11 is 1.57. The van der Waals surface area contributed by atoms with Crippen molar-refractivity contribution in [3.8, 4) is 5.75 Å². The fourth-order valence-corrected chi connectivity index (χ4v) is 5.92. The molecule has 1 fully saturated rings. The number of methoxy groups -OCH3 is 1. The van der Waals surface area contributed by atoms with Crippen molar-refractivity contribution >= 4 is 11.8 Å². The molecular formula is C35H38O6S. The third-order valence-electron chi connectivity index (χ3n) is 7.17. The molecule has 1 heterocycles. The molecule has 0 bridgehead atoms. The average Bonchev–Trinajstić information content (AvgIpc) is 3.03. The maximum Gasteiger partial charge on any atom is 0.137 e. The van der Waals surface area contributed by atoms with Crippen LogP contribution in [0, 0.1) is 6.92 Å². The molecule has 1 saturated heterocycles. The van der Waals surface area contributed by atoms with Gasteiger partial charge in [0.15, 0.2) is 0 Å². The molecule has 0 spiro atoms. The van der Waals surface area contributed by atoms with Crippen molar-refractivity contribution in [2.75, 3.05) is 13.7 Å². The summed E-state index contributed by atoms with van der Waals surface area (Å²) in [5.41, 5.74) is 3.80. The molecule has 4 aromatic rings. The standard InChI is InChI=1S/C35H38O6S/c1-25-13-19-30(20-14-25)42-35-34(40-23-28-15-17-29(37-2)18-16-28)33(39-22-27-11-7-4-8-12-27)32(36)31(41-35)24-38-21-26-9-5-3-6-10-26/h3-20,31-36H,21-24H2,1-2H3/t31-,32+,33+,34-,35+/m1/s1. The van der Waals surface area contributed by atoms with Crippen LogP contribution in [0.2, 0.25) is 0 Å². The van der Waals surface area contributed by atoms with Gasteiger partial charge in [-0.2, -0.15) is 0 Å². The molecule has 5 rings (SSSR count). The number of hydrogen-bond acceptors (Lipinski definition) is 7. The predicted octanol–water partition coefficient (Wildman–Crippen LogP) is 6.57. The lowest BCUT2D eigenvalue weighted by atomic mass is 9.99. The number of aryl methyl sites for hydroxylation is 1. The smallest absolute Gasteiger partial charge is 0.137 e. The fourth-order valence-electron chi connectivity index (χ4n) is 4.79. The predicted molar refractivity (Wildman–Crippen MR) is 164 cm³/mol. The Hall–Kier alpha value is -3.17. The normalized spacial score (nSPS) is 22.1. The van der Waals surface area contributed by atoms with Crippen LogP contribution in [0.15, 0.2) is 114 Å². The van der Waals surface area contributed by atoms with Crippen molar-refractivity contribution in [3.05, 3.63) is 131 Å². The third kappa shape index (κ3) is 8.44. The highest BCUT2D eigenvalue weighted by Gasteiger charge is 2.47. The van der Waals surface area contributed by atoms with Crippen LogP contribution in [0.3, 0.4) is 0 Å². The lowest BCUT2D eigenvalue weighted by Gasteiger charge is -2.44. The van der Waals surface area contributed by atoms with Gasteiger partial charge < -0.3 is 28.8 Å². The molecule has 7 heteroatoms. The van der Waals surface area contributed by atoms with E-state index in [2.05, 4.69) is 31.2 Å². The number of thioether (sulfide) groups is 1. The van der Waals surface area contributed by atoms with Crippen molar-refractivity contribution in [3.63, 3.8) is 0 Å². The summed E-state index contributed by atoms with van der Waals surface area (Å²) in [4.78, 5) is 1.05. The zero-order valence-corrected chi connectivity index (χ0v) is 24.8. The molecular weight excluding hydrogens is 548 g/mol. The third-order valence-corrected chi connectivity index (χ3v) is 8.33.